The fourth-order valence-corrected chi connectivity index (χ4v) is 7.54. The lowest BCUT2D eigenvalue weighted by Gasteiger charge is -2.32. The summed E-state index contributed by atoms with van der Waals surface area (Å²) in [5.41, 5.74) is 2.61. The van der Waals surface area contributed by atoms with Gasteiger partial charge in [0.2, 0.25) is 29.4 Å². The quantitative estimate of drug-likeness (QED) is 0.156. The third-order valence-electron chi connectivity index (χ3n) is 9.13. The van der Waals surface area contributed by atoms with E-state index in [0.717, 1.165) is 52.6 Å². The number of aromatic nitrogens is 4. The number of piperidine rings is 2. The minimum Gasteiger partial charge on any atom is -0.506 e. The number of carbonyl (C=O) groups is 4. The number of fused-ring (bicyclic) bond motifs is 1. The molecule has 4 aromatic rings. The Morgan fingerprint density at radius 2 is 1.84 bits per heavy atom. The summed E-state index contributed by atoms with van der Waals surface area (Å²) in [6, 6.07) is 8.01. The van der Waals surface area contributed by atoms with Gasteiger partial charge in [-0.05, 0) is 75.1 Å². The third-order valence-corrected chi connectivity index (χ3v) is 10.2. The minimum atomic E-state index is -1.97. The lowest BCUT2D eigenvalue weighted by Crippen LogP contribution is -2.44. The van der Waals surface area contributed by atoms with E-state index in [1.165, 1.54) is 34.7 Å². The van der Waals surface area contributed by atoms with Crippen molar-refractivity contribution in [3.63, 3.8) is 0 Å². The molecule has 0 spiro atoms. The Labute approximate surface area is 287 Å². The molecule has 5 heterocycles. The van der Waals surface area contributed by atoms with Gasteiger partial charge in [0.05, 0.1) is 17.2 Å². The highest BCUT2D eigenvalue weighted by Crippen LogP contribution is 2.38. The number of aromatic hydroxyl groups is 1. The summed E-state index contributed by atoms with van der Waals surface area (Å²) in [6.45, 7) is 2.68. The smallest absolute Gasteiger partial charge is 0.329 e. The molecule has 2 aromatic carbocycles. The van der Waals surface area contributed by atoms with Crippen molar-refractivity contribution in [3.05, 3.63) is 64.6 Å². The number of nitrogens with one attached hydrogen (secondary N) is 3. The number of phenolic OH excluding ortho intramolecular Hbond substituents is 1. The predicted molar refractivity (Wildman–Crippen MR) is 181 cm³/mol. The van der Waals surface area contributed by atoms with Crippen LogP contribution in [0.1, 0.15) is 43.2 Å². The maximum atomic E-state index is 14.7. The van der Waals surface area contributed by atoms with Crippen LogP contribution in [-0.2, 0) is 37.4 Å². The summed E-state index contributed by atoms with van der Waals surface area (Å²) in [5, 5.41) is 19.1. The van der Waals surface area contributed by atoms with E-state index >= 15 is 0 Å². The van der Waals surface area contributed by atoms with E-state index in [9.17, 15) is 37.7 Å². The first-order chi connectivity index (χ1) is 24.0. The number of likely N-dealkylation sites (tertiary alicyclic amines) is 1. The molecule has 3 amide bonds. The molecule has 264 valence electrons. The Morgan fingerprint density at radius 1 is 1.08 bits per heavy atom. The number of phenols is 1. The van der Waals surface area contributed by atoms with Gasteiger partial charge in [-0.15, -0.1) is 0 Å². The number of nitrogens with zero attached hydrogens (tertiary/aromatic N) is 6. The first-order valence-corrected chi connectivity index (χ1v) is 17.0. The number of carbonyl (C=O) groups excluding carboxylic acids is 4. The molecule has 2 aromatic heterocycles. The minimum absolute atomic E-state index is 0.0530. The van der Waals surface area contributed by atoms with Crippen molar-refractivity contribution in [2.75, 3.05) is 37.7 Å². The van der Waals surface area contributed by atoms with Gasteiger partial charge in [0.25, 0.3) is 5.91 Å². The van der Waals surface area contributed by atoms with Crippen LogP contribution < -0.4 is 25.4 Å². The fraction of sp³-hybridized carbons (Fsp3) is 0.375. The van der Waals surface area contributed by atoms with Crippen LogP contribution in [0.3, 0.4) is 0 Å². The number of rotatable bonds is 7. The Morgan fingerprint density at radius 3 is 2.48 bits per heavy atom. The summed E-state index contributed by atoms with van der Waals surface area (Å²) in [7, 11) is 3.71. The zero-order valence-corrected chi connectivity index (χ0v) is 28.1. The molecule has 2 unspecified atom stereocenters. The normalized spacial score (nSPS) is 20.1. The van der Waals surface area contributed by atoms with Crippen molar-refractivity contribution < 1.29 is 32.9 Å². The van der Waals surface area contributed by atoms with Crippen LogP contribution in [0.2, 0.25) is 0 Å². The number of halogens is 1. The summed E-state index contributed by atoms with van der Waals surface area (Å²) >= 11 is -1.97. The van der Waals surface area contributed by atoms with Gasteiger partial charge in [0.15, 0.2) is 5.82 Å². The van der Waals surface area contributed by atoms with Crippen molar-refractivity contribution >= 4 is 52.0 Å². The molecule has 7 rings (SSSR count). The number of benzene rings is 2. The summed E-state index contributed by atoms with van der Waals surface area (Å²) in [5.74, 6) is -2.06. The van der Waals surface area contributed by atoms with Gasteiger partial charge in [-0.1, -0.05) is 6.07 Å². The molecular weight excluding hydrogens is 673 g/mol. The van der Waals surface area contributed by atoms with Gasteiger partial charge in [-0.2, -0.15) is 5.10 Å². The van der Waals surface area contributed by atoms with E-state index in [-0.39, 0.29) is 35.8 Å². The summed E-state index contributed by atoms with van der Waals surface area (Å²) in [6.07, 6.45) is 5.82. The van der Waals surface area contributed by atoms with Gasteiger partial charge < -0.3 is 10.4 Å². The van der Waals surface area contributed by atoms with Crippen molar-refractivity contribution in [2.24, 2.45) is 7.05 Å². The molecule has 2 atom stereocenters. The number of aryl methyl sites for hydroxylation is 1. The molecule has 0 saturated carbocycles. The topological polar surface area (TPSA) is 193 Å². The van der Waals surface area contributed by atoms with E-state index < -0.39 is 40.6 Å². The Hall–Kier alpha value is -5.20. The van der Waals surface area contributed by atoms with Crippen LogP contribution in [0.15, 0.2) is 47.5 Å². The Kier molecular flexibility index (Phi) is 9.94. The van der Waals surface area contributed by atoms with Gasteiger partial charge in [0.1, 0.15) is 24.0 Å². The molecule has 0 aliphatic carbocycles. The second-order valence-corrected chi connectivity index (χ2v) is 13.4. The maximum absolute atomic E-state index is 14.7. The second-order valence-electron chi connectivity index (χ2n) is 12.3. The van der Waals surface area contributed by atoms with Crippen molar-refractivity contribution in [2.45, 2.75) is 37.6 Å². The number of imidazole rings is 1. The first-order valence-electron chi connectivity index (χ1n) is 15.9. The summed E-state index contributed by atoms with van der Waals surface area (Å²) in [4.78, 5) is 60.9. The summed E-state index contributed by atoms with van der Waals surface area (Å²) < 4.78 is 33.6. The first kappa shape index (κ1) is 34.7. The molecule has 0 bridgehead atoms. The number of hydrogen-bond acceptors (Lipinski definition) is 10. The molecule has 0 radical (unpaired) electrons. The predicted octanol–water partition coefficient (Wildman–Crippen LogP) is 0.622. The van der Waals surface area contributed by atoms with Crippen LogP contribution in [-0.4, -0.2) is 90.6 Å². The van der Waals surface area contributed by atoms with Gasteiger partial charge in [0, 0.05) is 37.5 Å². The molecule has 3 fully saturated rings. The molecule has 3 aliphatic rings. The van der Waals surface area contributed by atoms with Crippen LogP contribution in [0, 0.1) is 5.82 Å². The van der Waals surface area contributed by atoms with Crippen LogP contribution in [0.4, 0.5) is 10.1 Å². The number of imide groups is 1. The van der Waals surface area contributed by atoms with Gasteiger partial charge in [-0.25, -0.2) is 18.1 Å². The largest absolute Gasteiger partial charge is 0.506 e. The lowest BCUT2D eigenvalue weighted by molar-refractivity contribution is -0.135. The molecule has 3 aliphatic heterocycles. The molecule has 18 heteroatoms. The van der Waals surface area contributed by atoms with Crippen molar-refractivity contribution in [1.82, 2.24) is 39.2 Å². The number of anilines is 1. The number of amides is 3. The van der Waals surface area contributed by atoms with Gasteiger partial charge >= 0.3 is 5.69 Å². The monoisotopic (exact) mass is 709 g/mol. The third kappa shape index (κ3) is 6.68. The molecular formula is C32H36FN9O7S. The fourth-order valence-electron chi connectivity index (χ4n) is 6.60. The van der Waals surface area contributed by atoms with E-state index in [0.29, 0.717) is 24.3 Å². The molecule has 16 nitrogen and oxygen atoms in total. The van der Waals surface area contributed by atoms with Crippen LogP contribution in [0.25, 0.3) is 22.2 Å². The lowest BCUT2D eigenvalue weighted by atomic mass is 9.89. The second kappa shape index (κ2) is 14.3. The van der Waals surface area contributed by atoms with Crippen molar-refractivity contribution in [1.29, 1.82) is 0 Å². The molecule has 4 N–H and O–H groups in total. The average molecular weight is 710 g/mol. The highest BCUT2D eigenvalue weighted by Gasteiger charge is 2.33. The number of hydrogen-bond donors (Lipinski definition) is 4. The Bertz CT molecular complexity index is 2070. The maximum Gasteiger partial charge on any atom is 0.329 e. The molecule has 50 heavy (non-hydrogen) atoms. The van der Waals surface area contributed by atoms with Crippen LogP contribution >= 0.6 is 0 Å². The van der Waals surface area contributed by atoms with Gasteiger partial charge in [-0.3, -0.25) is 47.6 Å². The molecule has 3 saturated heterocycles. The Balaban J connectivity index is 0.000000178. The van der Waals surface area contributed by atoms with E-state index in [1.54, 1.807) is 11.6 Å². The SMILES string of the molecule is CNCN1CCC(c2ccc3c(c2)n(C)c(=O)n3C2CCC(=O)NC2=O)CC1.O=Cn1cc(-c2ccc(O)c(N3CC(=O)NS3=O)c2F)cn1. The average Bonchev–Trinajstić information content (AvgIpc) is 3.77. The highest BCUT2D eigenvalue weighted by molar-refractivity contribution is 7.85. The highest BCUT2D eigenvalue weighted by atomic mass is 32.2. The van der Waals surface area contributed by atoms with Crippen LogP contribution in [0.5, 0.6) is 5.75 Å². The zero-order chi connectivity index (χ0) is 35.7. The van der Waals surface area contributed by atoms with E-state index in [2.05, 4.69) is 37.5 Å². The van der Waals surface area contributed by atoms with E-state index in [1.807, 2.05) is 13.1 Å². The van der Waals surface area contributed by atoms with Crippen molar-refractivity contribution in [3.8, 4) is 16.9 Å². The zero-order valence-electron chi connectivity index (χ0n) is 27.3. The van der Waals surface area contributed by atoms with E-state index in [4.69, 9.17) is 0 Å². The standard InChI is InChI=1S/C20H27N5O3.C12H9FN4O4S/c1-21-12-24-9-7-13(8-10-24)14-3-4-15-17(11-14)23(2)20(28)25(15)16-5-6-18(26)22-19(16)27;13-11-8(7-3-14-16(4-7)6-18)1-2-9(19)12(11)17-5-10(20)15-22(17)21/h3-4,11,13,16,21H,5-10,12H2,1-2H3,(H,22,26,27);1-4,6,19H,5H2,(H,15,20).